The molecule has 0 saturated heterocycles. The molecule has 1 unspecified atom stereocenters. The minimum Gasteiger partial charge on any atom is -0.491 e. The Hall–Kier alpha value is -2.31. The summed E-state index contributed by atoms with van der Waals surface area (Å²) >= 11 is 1.31. The van der Waals surface area contributed by atoms with Gasteiger partial charge in [-0.1, -0.05) is 42.1 Å². The van der Waals surface area contributed by atoms with Crippen molar-refractivity contribution >= 4 is 11.8 Å². The van der Waals surface area contributed by atoms with Crippen LogP contribution in [0, 0.1) is 6.92 Å². The number of ether oxygens (including phenoxy) is 1. The third-order valence-corrected chi connectivity index (χ3v) is 4.22. The van der Waals surface area contributed by atoms with Crippen LogP contribution in [0.4, 0.5) is 0 Å². The molecular formula is C18H18N2O3S. The number of hydrogen-bond acceptors (Lipinski definition) is 6. The second-order valence-corrected chi connectivity index (χ2v) is 6.30. The van der Waals surface area contributed by atoms with E-state index >= 15 is 0 Å². The topological polar surface area (TPSA) is 68.4 Å². The van der Waals surface area contributed by atoms with E-state index in [9.17, 15) is 5.11 Å². The zero-order valence-corrected chi connectivity index (χ0v) is 14.1. The van der Waals surface area contributed by atoms with Crippen molar-refractivity contribution in [3.8, 4) is 17.2 Å². The second kappa shape index (κ2) is 7.99. The minimum absolute atomic E-state index is 0.218. The van der Waals surface area contributed by atoms with Gasteiger partial charge in [-0.15, -0.1) is 10.2 Å². The van der Waals surface area contributed by atoms with E-state index in [1.807, 2.05) is 61.5 Å². The molecule has 0 aliphatic rings. The van der Waals surface area contributed by atoms with Crippen LogP contribution in [-0.2, 0) is 0 Å². The number of aryl methyl sites for hydroxylation is 1. The van der Waals surface area contributed by atoms with Crippen LogP contribution >= 0.6 is 11.8 Å². The Bertz CT molecular complexity index is 777. The van der Waals surface area contributed by atoms with Crippen molar-refractivity contribution < 1.29 is 14.3 Å². The van der Waals surface area contributed by atoms with Gasteiger partial charge >= 0.3 is 0 Å². The summed E-state index contributed by atoms with van der Waals surface area (Å²) in [6.07, 6.45) is -0.623. The quantitative estimate of drug-likeness (QED) is 0.662. The van der Waals surface area contributed by atoms with Gasteiger partial charge in [-0.2, -0.15) is 0 Å². The molecule has 2 aromatic carbocycles. The fourth-order valence-electron chi connectivity index (χ4n) is 2.08. The lowest BCUT2D eigenvalue weighted by molar-refractivity contribution is 0.126. The molecular weight excluding hydrogens is 324 g/mol. The predicted molar refractivity (Wildman–Crippen MR) is 93.1 cm³/mol. The molecule has 0 aliphatic heterocycles. The Kier molecular flexibility index (Phi) is 5.51. The largest absolute Gasteiger partial charge is 0.491 e. The fourth-order valence-corrected chi connectivity index (χ4v) is 2.75. The molecule has 1 atom stereocenters. The zero-order valence-electron chi connectivity index (χ0n) is 13.3. The number of nitrogens with zero attached hydrogens (tertiary/aromatic N) is 2. The molecule has 3 aromatic rings. The highest BCUT2D eigenvalue weighted by molar-refractivity contribution is 7.99. The van der Waals surface area contributed by atoms with Gasteiger partial charge in [0.2, 0.25) is 5.89 Å². The monoisotopic (exact) mass is 342 g/mol. The first-order valence-electron chi connectivity index (χ1n) is 7.60. The standard InChI is InChI=1S/C18H18N2O3S/c1-13-6-5-9-16(10-13)22-11-15(21)12-24-18-20-19-17(23-18)14-7-3-2-4-8-14/h2-10,15,21H,11-12H2,1H3. The first-order chi connectivity index (χ1) is 11.7. The molecule has 1 heterocycles. The summed E-state index contributed by atoms with van der Waals surface area (Å²) in [7, 11) is 0. The maximum absolute atomic E-state index is 10.0. The van der Waals surface area contributed by atoms with Crippen molar-refractivity contribution in [2.45, 2.75) is 18.3 Å². The van der Waals surface area contributed by atoms with Crippen LogP contribution in [0.15, 0.2) is 64.2 Å². The Labute approximate surface area is 144 Å². The molecule has 0 saturated carbocycles. The Morgan fingerprint density at radius 3 is 2.75 bits per heavy atom. The molecule has 0 aliphatic carbocycles. The molecule has 0 fully saturated rings. The summed E-state index contributed by atoms with van der Waals surface area (Å²) < 4.78 is 11.2. The van der Waals surface area contributed by atoms with Crippen molar-refractivity contribution in [2.75, 3.05) is 12.4 Å². The summed E-state index contributed by atoms with van der Waals surface area (Å²) in [6, 6.07) is 17.3. The van der Waals surface area contributed by atoms with E-state index in [-0.39, 0.29) is 6.61 Å². The molecule has 0 spiro atoms. The molecule has 24 heavy (non-hydrogen) atoms. The molecule has 0 radical (unpaired) electrons. The summed E-state index contributed by atoms with van der Waals surface area (Å²) in [5.74, 6) is 1.65. The van der Waals surface area contributed by atoms with Crippen molar-refractivity contribution in [1.82, 2.24) is 10.2 Å². The van der Waals surface area contributed by atoms with Gasteiger partial charge in [-0.05, 0) is 36.8 Å². The summed E-state index contributed by atoms with van der Waals surface area (Å²) in [4.78, 5) is 0. The highest BCUT2D eigenvalue weighted by atomic mass is 32.2. The van der Waals surface area contributed by atoms with E-state index in [1.165, 1.54) is 11.8 Å². The minimum atomic E-state index is -0.623. The molecule has 1 aromatic heterocycles. The molecule has 0 bridgehead atoms. The Morgan fingerprint density at radius 1 is 1.12 bits per heavy atom. The van der Waals surface area contributed by atoms with Gasteiger partial charge in [0.1, 0.15) is 12.4 Å². The predicted octanol–water partition coefficient (Wildman–Crippen LogP) is 3.58. The summed E-state index contributed by atoms with van der Waals surface area (Å²) in [5.41, 5.74) is 2.00. The maximum Gasteiger partial charge on any atom is 0.276 e. The van der Waals surface area contributed by atoms with Crippen LogP contribution in [0.2, 0.25) is 0 Å². The van der Waals surface area contributed by atoms with Crippen molar-refractivity contribution in [1.29, 1.82) is 0 Å². The number of aliphatic hydroxyl groups is 1. The Morgan fingerprint density at radius 2 is 1.96 bits per heavy atom. The third-order valence-electron chi connectivity index (χ3n) is 3.26. The van der Waals surface area contributed by atoms with Crippen LogP contribution in [0.1, 0.15) is 5.56 Å². The van der Waals surface area contributed by atoms with Crippen LogP contribution < -0.4 is 4.74 Å². The first-order valence-corrected chi connectivity index (χ1v) is 8.58. The van der Waals surface area contributed by atoms with Gasteiger partial charge in [-0.25, -0.2) is 0 Å². The van der Waals surface area contributed by atoms with Crippen LogP contribution in [-0.4, -0.2) is 33.8 Å². The normalized spacial score (nSPS) is 12.1. The molecule has 5 nitrogen and oxygen atoms in total. The van der Waals surface area contributed by atoms with Gasteiger partial charge < -0.3 is 14.3 Å². The van der Waals surface area contributed by atoms with Crippen LogP contribution in [0.25, 0.3) is 11.5 Å². The van der Waals surface area contributed by atoms with E-state index in [0.717, 1.165) is 16.9 Å². The number of thioether (sulfide) groups is 1. The summed E-state index contributed by atoms with van der Waals surface area (Å²) in [5, 5.41) is 18.5. The van der Waals surface area contributed by atoms with Gasteiger partial charge in [0.25, 0.3) is 5.22 Å². The fraction of sp³-hybridized carbons (Fsp3) is 0.222. The average Bonchev–Trinajstić information content (AvgIpc) is 3.08. The molecule has 0 amide bonds. The van der Waals surface area contributed by atoms with Gasteiger partial charge in [0.15, 0.2) is 0 Å². The zero-order chi connectivity index (χ0) is 16.8. The number of aliphatic hydroxyl groups excluding tert-OH is 1. The smallest absolute Gasteiger partial charge is 0.276 e. The molecule has 3 rings (SSSR count). The summed E-state index contributed by atoms with van der Waals surface area (Å²) in [6.45, 7) is 2.22. The first kappa shape index (κ1) is 16.5. The number of hydrogen-bond donors (Lipinski definition) is 1. The van der Waals surface area contributed by atoms with Gasteiger partial charge in [0.05, 0.1) is 6.10 Å². The third kappa shape index (κ3) is 4.59. The highest BCUT2D eigenvalue weighted by Gasteiger charge is 2.12. The second-order valence-electron chi connectivity index (χ2n) is 5.33. The van der Waals surface area contributed by atoms with E-state index in [0.29, 0.717) is 16.9 Å². The maximum atomic E-state index is 10.0. The van der Waals surface area contributed by atoms with Crippen molar-refractivity contribution in [3.05, 3.63) is 60.2 Å². The van der Waals surface area contributed by atoms with E-state index in [1.54, 1.807) is 0 Å². The number of aromatic nitrogens is 2. The van der Waals surface area contributed by atoms with E-state index < -0.39 is 6.10 Å². The van der Waals surface area contributed by atoms with Crippen molar-refractivity contribution in [3.63, 3.8) is 0 Å². The SMILES string of the molecule is Cc1cccc(OCC(O)CSc2nnc(-c3ccccc3)o2)c1. The molecule has 1 N–H and O–H groups in total. The lowest BCUT2D eigenvalue weighted by Gasteiger charge is -2.11. The van der Waals surface area contributed by atoms with Crippen molar-refractivity contribution in [2.24, 2.45) is 0 Å². The van der Waals surface area contributed by atoms with Crippen LogP contribution in [0.5, 0.6) is 5.75 Å². The van der Waals surface area contributed by atoms with Gasteiger partial charge in [0, 0.05) is 11.3 Å². The highest BCUT2D eigenvalue weighted by Crippen LogP contribution is 2.23. The average molecular weight is 342 g/mol. The number of rotatable bonds is 7. The van der Waals surface area contributed by atoms with E-state index in [2.05, 4.69) is 10.2 Å². The Balaban J connectivity index is 1.48. The van der Waals surface area contributed by atoms with Crippen LogP contribution in [0.3, 0.4) is 0 Å². The molecule has 124 valence electrons. The van der Waals surface area contributed by atoms with Gasteiger partial charge in [-0.3, -0.25) is 0 Å². The lowest BCUT2D eigenvalue weighted by atomic mass is 10.2. The molecule has 6 heteroatoms. The lowest BCUT2D eigenvalue weighted by Crippen LogP contribution is -2.20. The van der Waals surface area contributed by atoms with E-state index in [4.69, 9.17) is 9.15 Å². The number of benzene rings is 2.